The van der Waals surface area contributed by atoms with Crippen molar-refractivity contribution in [3.8, 4) is 0 Å². The Morgan fingerprint density at radius 2 is 1.76 bits per heavy atom. The molecule has 0 amide bonds. The average molecular weight is 241 g/mol. The van der Waals surface area contributed by atoms with Crippen LogP contribution < -0.4 is 5.32 Å². The molecule has 17 heavy (non-hydrogen) atoms. The van der Waals surface area contributed by atoms with Gasteiger partial charge in [-0.2, -0.15) is 0 Å². The van der Waals surface area contributed by atoms with Crippen molar-refractivity contribution in [1.29, 1.82) is 0 Å². The van der Waals surface area contributed by atoms with Crippen LogP contribution in [0.1, 0.15) is 47.0 Å². The Morgan fingerprint density at radius 3 is 2.24 bits per heavy atom. The van der Waals surface area contributed by atoms with Crippen LogP contribution in [-0.2, 0) is 0 Å². The van der Waals surface area contributed by atoms with Crippen molar-refractivity contribution in [2.75, 3.05) is 32.7 Å². The number of hydrogen-bond donors (Lipinski definition) is 1. The Hall–Kier alpha value is -0.0800. The normalized spacial score (nSPS) is 27.0. The van der Waals surface area contributed by atoms with E-state index in [-0.39, 0.29) is 0 Å². The summed E-state index contributed by atoms with van der Waals surface area (Å²) in [6.07, 6.45) is 4.33. The maximum atomic E-state index is 2.71. The van der Waals surface area contributed by atoms with Crippen molar-refractivity contribution in [2.24, 2.45) is 17.8 Å². The second-order valence-electron chi connectivity index (χ2n) is 5.85. The molecule has 2 rings (SSSR count). The molecule has 0 unspecified atom stereocenters. The summed E-state index contributed by atoms with van der Waals surface area (Å²) in [6, 6.07) is 0. The van der Waals surface area contributed by atoms with Crippen molar-refractivity contribution in [2.45, 2.75) is 47.0 Å². The summed E-state index contributed by atoms with van der Waals surface area (Å²) in [5.41, 5.74) is 0. The van der Waals surface area contributed by atoms with Gasteiger partial charge >= 0.3 is 0 Å². The molecule has 2 aliphatic heterocycles. The Labute approximate surface area is 108 Å². The van der Waals surface area contributed by atoms with Crippen molar-refractivity contribution < 1.29 is 5.32 Å². The van der Waals surface area contributed by atoms with Crippen LogP contribution in [0.5, 0.6) is 0 Å². The number of nitrogens with two attached hydrogens (primary N) is 1. The molecule has 2 N–H and O–H groups in total. The van der Waals surface area contributed by atoms with Crippen LogP contribution in [0.4, 0.5) is 0 Å². The number of nitrogens with zero attached hydrogens (tertiary/aromatic N) is 1. The molecule has 0 radical (unpaired) electrons. The molecular weight excluding hydrogens is 208 g/mol. The van der Waals surface area contributed by atoms with E-state index in [1.807, 2.05) is 13.8 Å². The molecule has 0 bridgehead atoms. The molecule has 2 nitrogen and oxygen atoms in total. The summed E-state index contributed by atoms with van der Waals surface area (Å²) in [6.45, 7) is 15.6. The second-order valence-corrected chi connectivity index (χ2v) is 5.85. The predicted molar refractivity (Wildman–Crippen MR) is 75.1 cm³/mol. The zero-order chi connectivity index (χ0) is 12.7. The summed E-state index contributed by atoms with van der Waals surface area (Å²) < 4.78 is 0. The fourth-order valence-electron chi connectivity index (χ4n) is 3.16. The first-order valence-corrected chi connectivity index (χ1v) is 7.79. The number of rotatable bonds is 3. The zero-order valence-electron chi connectivity index (χ0n) is 12.4. The van der Waals surface area contributed by atoms with Crippen LogP contribution in [0.25, 0.3) is 0 Å². The highest BCUT2D eigenvalue weighted by molar-refractivity contribution is 4.76. The van der Waals surface area contributed by atoms with Gasteiger partial charge in [-0.05, 0) is 37.8 Å². The van der Waals surface area contributed by atoms with Gasteiger partial charge in [0.15, 0.2) is 0 Å². The molecule has 2 fully saturated rings. The van der Waals surface area contributed by atoms with Gasteiger partial charge in [0, 0.05) is 18.9 Å². The summed E-state index contributed by atoms with van der Waals surface area (Å²) in [7, 11) is 0. The summed E-state index contributed by atoms with van der Waals surface area (Å²) in [5.74, 6) is 2.88. The first kappa shape index (κ1) is 15.0. The standard InChI is InChI=1S/C13H26N2.C2H6/c1-11(2)13-4-7-15(8-5-13)10-12-3-6-14-9-12;1-2/h11-14H,3-10H2,1-2H3;1-2H3/p+1/t12-;/m1./s1. The van der Waals surface area contributed by atoms with Gasteiger partial charge in [0.2, 0.25) is 0 Å². The van der Waals surface area contributed by atoms with E-state index >= 15 is 0 Å². The van der Waals surface area contributed by atoms with E-state index in [0.717, 1.165) is 17.8 Å². The first-order valence-electron chi connectivity index (χ1n) is 7.79. The van der Waals surface area contributed by atoms with Crippen LogP contribution in [0.2, 0.25) is 0 Å². The largest absolute Gasteiger partial charge is 0.346 e. The monoisotopic (exact) mass is 241 g/mol. The van der Waals surface area contributed by atoms with Crippen molar-refractivity contribution in [3.05, 3.63) is 0 Å². The maximum absolute atomic E-state index is 2.71. The summed E-state index contributed by atoms with van der Waals surface area (Å²) in [5, 5.41) is 2.48. The molecule has 0 aromatic carbocycles. The topological polar surface area (TPSA) is 19.9 Å². The smallest absolute Gasteiger partial charge is 0.0798 e. The molecule has 1 atom stereocenters. The van der Waals surface area contributed by atoms with E-state index in [1.165, 1.54) is 52.0 Å². The van der Waals surface area contributed by atoms with Crippen LogP contribution in [0.3, 0.4) is 0 Å². The lowest BCUT2D eigenvalue weighted by atomic mass is 9.86. The second kappa shape index (κ2) is 8.10. The van der Waals surface area contributed by atoms with Gasteiger partial charge in [-0.15, -0.1) is 0 Å². The number of likely N-dealkylation sites (tertiary alicyclic amines) is 1. The van der Waals surface area contributed by atoms with E-state index < -0.39 is 0 Å². The third-order valence-corrected chi connectivity index (χ3v) is 4.37. The van der Waals surface area contributed by atoms with E-state index in [4.69, 9.17) is 0 Å². The minimum absolute atomic E-state index is 0.895. The van der Waals surface area contributed by atoms with Gasteiger partial charge in [0.25, 0.3) is 0 Å². The summed E-state index contributed by atoms with van der Waals surface area (Å²) in [4.78, 5) is 2.71. The summed E-state index contributed by atoms with van der Waals surface area (Å²) >= 11 is 0. The molecule has 0 spiro atoms. The van der Waals surface area contributed by atoms with E-state index in [9.17, 15) is 0 Å². The van der Waals surface area contributed by atoms with Crippen LogP contribution in [0.15, 0.2) is 0 Å². The molecule has 0 aromatic heterocycles. The third kappa shape index (κ3) is 4.97. The highest BCUT2D eigenvalue weighted by Crippen LogP contribution is 2.25. The molecule has 102 valence electrons. The molecule has 2 heterocycles. The minimum atomic E-state index is 0.895. The fourth-order valence-corrected chi connectivity index (χ4v) is 3.16. The van der Waals surface area contributed by atoms with E-state index in [0.29, 0.717) is 0 Å². The third-order valence-electron chi connectivity index (χ3n) is 4.37. The van der Waals surface area contributed by atoms with Gasteiger partial charge in [-0.3, -0.25) is 0 Å². The van der Waals surface area contributed by atoms with Gasteiger partial charge in [0.1, 0.15) is 0 Å². The molecule has 2 heteroatoms. The highest BCUT2D eigenvalue weighted by atomic mass is 15.1. The Kier molecular flexibility index (Phi) is 7.14. The van der Waals surface area contributed by atoms with Gasteiger partial charge in [-0.25, -0.2) is 0 Å². The van der Waals surface area contributed by atoms with E-state index in [1.54, 1.807) is 0 Å². The number of piperidine rings is 1. The Morgan fingerprint density at radius 1 is 1.12 bits per heavy atom. The lowest BCUT2D eigenvalue weighted by Gasteiger charge is -2.34. The molecule has 0 saturated carbocycles. The lowest BCUT2D eigenvalue weighted by Crippen LogP contribution is -2.81. The van der Waals surface area contributed by atoms with Gasteiger partial charge in [-0.1, -0.05) is 27.7 Å². The Bertz CT molecular complexity index is 177. The van der Waals surface area contributed by atoms with Crippen LogP contribution in [0, 0.1) is 17.8 Å². The highest BCUT2D eigenvalue weighted by Gasteiger charge is 2.25. The van der Waals surface area contributed by atoms with Gasteiger partial charge in [0.05, 0.1) is 13.1 Å². The maximum Gasteiger partial charge on any atom is 0.0798 e. The lowest BCUT2D eigenvalue weighted by molar-refractivity contribution is -0.638. The number of hydrogen-bond acceptors (Lipinski definition) is 1. The van der Waals surface area contributed by atoms with Crippen LogP contribution >= 0.6 is 0 Å². The molecule has 2 aliphatic rings. The first-order chi connectivity index (χ1) is 8.25. The Balaban J connectivity index is 0.000000686. The van der Waals surface area contributed by atoms with Gasteiger partial charge < -0.3 is 10.2 Å². The quantitative estimate of drug-likeness (QED) is 0.801. The molecule has 0 aromatic rings. The van der Waals surface area contributed by atoms with E-state index in [2.05, 4.69) is 24.1 Å². The minimum Gasteiger partial charge on any atom is -0.346 e. The molecule has 2 saturated heterocycles. The van der Waals surface area contributed by atoms with Crippen molar-refractivity contribution in [1.82, 2.24) is 4.90 Å². The predicted octanol–water partition coefficient (Wildman–Crippen LogP) is 1.96. The molecule has 0 aliphatic carbocycles. The van der Waals surface area contributed by atoms with Crippen molar-refractivity contribution in [3.63, 3.8) is 0 Å². The number of quaternary nitrogens is 1. The fraction of sp³-hybridized carbons (Fsp3) is 1.00. The van der Waals surface area contributed by atoms with Crippen LogP contribution in [-0.4, -0.2) is 37.6 Å². The van der Waals surface area contributed by atoms with Crippen molar-refractivity contribution >= 4 is 0 Å². The SMILES string of the molecule is CC.CC(C)C1CCN(C[C@@H]2CC[NH2+]C2)CC1. The zero-order valence-corrected chi connectivity index (χ0v) is 12.4. The molecular formula is C15H33N2+. The average Bonchev–Trinajstić information content (AvgIpc) is 2.85.